The van der Waals surface area contributed by atoms with E-state index in [1.165, 1.54) is 24.0 Å². The van der Waals surface area contributed by atoms with Crippen LogP contribution < -0.4 is 9.47 Å². The Morgan fingerprint density at radius 1 is 1.21 bits per heavy atom. The second-order valence-electron chi connectivity index (χ2n) is 5.42. The third-order valence-corrected chi connectivity index (χ3v) is 4.05. The van der Waals surface area contributed by atoms with E-state index in [1.54, 1.807) is 6.20 Å². The molecule has 1 spiro atoms. The van der Waals surface area contributed by atoms with Crippen LogP contribution in [-0.2, 0) is 5.41 Å². The standard InChI is InChI=1S/C16H15NO2/c1-11-5-6-12(19-13-4-2-3-9-17-13)14-15(11)18-10-16(14)7-8-16/h2-6,9H,7-8,10H2,1H3. The lowest BCUT2D eigenvalue weighted by Gasteiger charge is -2.13. The predicted molar refractivity (Wildman–Crippen MR) is 71.9 cm³/mol. The summed E-state index contributed by atoms with van der Waals surface area (Å²) in [5, 5.41) is 0. The predicted octanol–water partition coefficient (Wildman–Crippen LogP) is 3.61. The Morgan fingerprint density at radius 3 is 2.84 bits per heavy atom. The molecule has 3 nitrogen and oxygen atoms in total. The molecular formula is C16H15NO2. The Bertz CT molecular complexity index is 633. The lowest BCUT2D eigenvalue weighted by Crippen LogP contribution is -2.08. The van der Waals surface area contributed by atoms with E-state index < -0.39 is 0 Å². The lowest BCUT2D eigenvalue weighted by molar-refractivity contribution is 0.322. The number of rotatable bonds is 2. The lowest BCUT2D eigenvalue weighted by atomic mass is 9.95. The minimum Gasteiger partial charge on any atom is -0.492 e. The Kier molecular flexibility index (Phi) is 2.13. The van der Waals surface area contributed by atoms with E-state index in [-0.39, 0.29) is 5.41 Å². The highest BCUT2D eigenvalue weighted by Gasteiger charge is 2.53. The SMILES string of the molecule is Cc1ccc(Oc2ccccn2)c2c1OCC21CC1. The molecule has 0 atom stereocenters. The first-order chi connectivity index (χ1) is 9.28. The first-order valence-electron chi connectivity index (χ1n) is 6.64. The molecule has 19 heavy (non-hydrogen) atoms. The number of fused-ring (bicyclic) bond motifs is 2. The summed E-state index contributed by atoms with van der Waals surface area (Å²) < 4.78 is 11.8. The van der Waals surface area contributed by atoms with Gasteiger partial charge in [0.05, 0.1) is 6.61 Å². The normalized spacial score (nSPS) is 17.9. The van der Waals surface area contributed by atoms with E-state index in [0.29, 0.717) is 5.88 Å². The van der Waals surface area contributed by atoms with Gasteiger partial charge in [-0.1, -0.05) is 12.1 Å². The van der Waals surface area contributed by atoms with Gasteiger partial charge in [0, 0.05) is 23.2 Å². The van der Waals surface area contributed by atoms with Crippen LogP contribution in [0.15, 0.2) is 36.5 Å². The smallest absolute Gasteiger partial charge is 0.219 e. The van der Waals surface area contributed by atoms with Crippen molar-refractivity contribution in [3.8, 4) is 17.4 Å². The maximum atomic E-state index is 5.96. The maximum Gasteiger partial charge on any atom is 0.219 e. The molecule has 2 aromatic rings. The second kappa shape index (κ2) is 3.73. The van der Waals surface area contributed by atoms with Gasteiger partial charge in [-0.05, 0) is 37.5 Å². The zero-order chi connectivity index (χ0) is 12.9. The fraction of sp³-hybridized carbons (Fsp3) is 0.312. The monoisotopic (exact) mass is 253 g/mol. The third-order valence-electron chi connectivity index (χ3n) is 4.05. The fourth-order valence-electron chi connectivity index (χ4n) is 2.79. The molecule has 1 aliphatic carbocycles. The molecule has 2 heterocycles. The molecule has 0 bridgehead atoms. The largest absolute Gasteiger partial charge is 0.492 e. The highest BCUT2D eigenvalue weighted by molar-refractivity contribution is 5.59. The summed E-state index contributed by atoms with van der Waals surface area (Å²) in [6.45, 7) is 2.89. The number of benzene rings is 1. The van der Waals surface area contributed by atoms with Gasteiger partial charge in [0.25, 0.3) is 0 Å². The van der Waals surface area contributed by atoms with Crippen LogP contribution in [0.3, 0.4) is 0 Å². The van der Waals surface area contributed by atoms with Crippen molar-refractivity contribution in [3.63, 3.8) is 0 Å². The molecule has 0 saturated heterocycles. The highest BCUT2D eigenvalue weighted by atomic mass is 16.5. The van der Waals surface area contributed by atoms with Crippen LogP contribution in [0, 0.1) is 6.92 Å². The topological polar surface area (TPSA) is 31.4 Å². The van der Waals surface area contributed by atoms with Crippen molar-refractivity contribution in [1.29, 1.82) is 0 Å². The summed E-state index contributed by atoms with van der Waals surface area (Å²) in [4.78, 5) is 4.23. The van der Waals surface area contributed by atoms with Crippen LogP contribution in [0.2, 0.25) is 0 Å². The highest BCUT2D eigenvalue weighted by Crippen LogP contribution is 2.59. The first kappa shape index (κ1) is 10.9. The van der Waals surface area contributed by atoms with Crippen LogP contribution in [0.25, 0.3) is 0 Å². The Hall–Kier alpha value is -2.03. The Balaban J connectivity index is 1.80. The third kappa shape index (κ3) is 1.61. The summed E-state index contributed by atoms with van der Waals surface area (Å²) in [7, 11) is 0. The molecule has 1 aromatic heterocycles. The molecule has 0 unspecified atom stereocenters. The van der Waals surface area contributed by atoms with Crippen molar-refractivity contribution in [2.45, 2.75) is 25.2 Å². The van der Waals surface area contributed by atoms with Crippen molar-refractivity contribution in [3.05, 3.63) is 47.7 Å². The zero-order valence-corrected chi connectivity index (χ0v) is 10.8. The van der Waals surface area contributed by atoms with Crippen LogP contribution in [0.4, 0.5) is 0 Å². The Labute approximate surface area is 112 Å². The maximum absolute atomic E-state index is 5.96. The van der Waals surface area contributed by atoms with E-state index in [1.807, 2.05) is 24.3 Å². The molecule has 0 radical (unpaired) electrons. The number of hydrogen-bond acceptors (Lipinski definition) is 3. The van der Waals surface area contributed by atoms with Gasteiger partial charge in [0.1, 0.15) is 11.5 Å². The van der Waals surface area contributed by atoms with Gasteiger partial charge >= 0.3 is 0 Å². The Morgan fingerprint density at radius 2 is 2.11 bits per heavy atom. The van der Waals surface area contributed by atoms with Crippen LogP contribution in [0.1, 0.15) is 24.0 Å². The molecular weight excluding hydrogens is 238 g/mol. The number of pyridine rings is 1. The van der Waals surface area contributed by atoms with Crippen LogP contribution in [0.5, 0.6) is 17.4 Å². The number of aryl methyl sites for hydroxylation is 1. The van der Waals surface area contributed by atoms with E-state index in [0.717, 1.165) is 18.1 Å². The number of nitrogens with zero attached hydrogens (tertiary/aromatic N) is 1. The van der Waals surface area contributed by atoms with Crippen molar-refractivity contribution in [1.82, 2.24) is 4.98 Å². The summed E-state index contributed by atoms with van der Waals surface area (Å²) in [5.41, 5.74) is 2.65. The van der Waals surface area contributed by atoms with Gasteiger partial charge in [-0.15, -0.1) is 0 Å². The second-order valence-corrected chi connectivity index (χ2v) is 5.42. The summed E-state index contributed by atoms with van der Waals surface area (Å²) in [6, 6.07) is 9.79. The van der Waals surface area contributed by atoms with Crippen molar-refractivity contribution < 1.29 is 9.47 Å². The molecule has 3 heteroatoms. The van der Waals surface area contributed by atoms with Crippen molar-refractivity contribution >= 4 is 0 Å². The van der Waals surface area contributed by atoms with E-state index in [2.05, 4.69) is 18.0 Å². The molecule has 1 aromatic carbocycles. The molecule has 4 rings (SSSR count). The molecule has 1 aliphatic heterocycles. The van der Waals surface area contributed by atoms with E-state index >= 15 is 0 Å². The number of hydrogen-bond donors (Lipinski definition) is 0. The fourth-order valence-corrected chi connectivity index (χ4v) is 2.79. The van der Waals surface area contributed by atoms with Gasteiger partial charge in [0.2, 0.25) is 5.88 Å². The molecule has 1 saturated carbocycles. The zero-order valence-electron chi connectivity index (χ0n) is 10.8. The van der Waals surface area contributed by atoms with E-state index in [4.69, 9.17) is 9.47 Å². The average Bonchev–Trinajstić information content (AvgIpc) is 3.09. The average molecular weight is 253 g/mol. The molecule has 1 fully saturated rings. The molecule has 96 valence electrons. The van der Waals surface area contributed by atoms with Gasteiger partial charge in [0.15, 0.2) is 0 Å². The van der Waals surface area contributed by atoms with Crippen LogP contribution in [-0.4, -0.2) is 11.6 Å². The summed E-state index contributed by atoms with van der Waals surface area (Å²) >= 11 is 0. The van der Waals surface area contributed by atoms with Gasteiger partial charge in [-0.2, -0.15) is 0 Å². The quantitative estimate of drug-likeness (QED) is 0.819. The summed E-state index contributed by atoms with van der Waals surface area (Å²) in [6.07, 6.45) is 4.14. The van der Waals surface area contributed by atoms with Crippen molar-refractivity contribution in [2.24, 2.45) is 0 Å². The number of aromatic nitrogens is 1. The molecule has 2 aliphatic rings. The van der Waals surface area contributed by atoms with Crippen molar-refractivity contribution in [2.75, 3.05) is 6.61 Å². The van der Waals surface area contributed by atoms with Gasteiger partial charge < -0.3 is 9.47 Å². The van der Waals surface area contributed by atoms with Crippen LogP contribution >= 0.6 is 0 Å². The van der Waals surface area contributed by atoms with E-state index in [9.17, 15) is 0 Å². The molecule has 0 amide bonds. The minimum atomic E-state index is 0.214. The van der Waals surface area contributed by atoms with Gasteiger partial charge in [-0.25, -0.2) is 4.98 Å². The molecule has 0 N–H and O–H groups in total. The first-order valence-corrected chi connectivity index (χ1v) is 6.64. The minimum absolute atomic E-state index is 0.214. The summed E-state index contributed by atoms with van der Waals surface area (Å²) in [5.74, 6) is 2.55. The van der Waals surface area contributed by atoms with Gasteiger partial charge in [-0.3, -0.25) is 0 Å². The number of ether oxygens (including phenoxy) is 2.